The standard InChI is InChI=1S/C21H24Cl2N2O3S/c1-2-25(14-16-5-11-19(22)20(23)13-16)21(26)12-6-15-3-9-18(10-4-15)29(27,28)24-17-7-8-17/h3-5,9-11,13,17,24H,2,6-8,12,14H2,1H3. The van der Waals surface area contributed by atoms with Crippen LogP contribution in [-0.4, -0.2) is 31.8 Å². The molecule has 2 aromatic rings. The summed E-state index contributed by atoms with van der Waals surface area (Å²) < 4.78 is 27.1. The van der Waals surface area contributed by atoms with Gasteiger partial charge in [-0.3, -0.25) is 4.79 Å². The first-order valence-corrected chi connectivity index (χ1v) is 11.9. The van der Waals surface area contributed by atoms with Crippen molar-refractivity contribution in [2.45, 2.75) is 50.1 Å². The fourth-order valence-corrected chi connectivity index (χ4v) is 4.59. The fourth-order valence-electron chi connectivity index (χ4n) is 2.97. The van der Waals surface area contributed by atoms with Crippen LogP contribution in [0.25, 0.3) is 0 Å². The molecule has 156 valence electrons. The highest BCUT2D eigenvalue weighted by Gasteiger charge is 2.27. The Kier molecular flexibility index (Phi) is 7.22. The number of hydrogen-bond donors (Lipinski definition) is 1. The summed E-state index contributed by atoms with van der Waals surface area (Å²) in [4.78, 5) is 14.6. The monoisotopic (exact) mass is 454 g/mol. The number of hydrogen-bond acceptors (Lipinski definition) is 3. The Labute approximate surface area is 182 Å². The Balaban J connectivity index is 1.56. The molecule has 0 unspecified atom stereocenters. The van der Waals surface area contributed by atoms with Gasteiger partial charge in [-0.1, -0.05) is 41.4 Å². The number of benzene rings is 2. The fraction of sp³-hybridized carbons (Fsp3) is 0.381. The zero-order valence-corrected chi connectivity index (χ0v) is 18.5. The van der Waals surface area contributed by atoms with Crippen molar-refractivity contribution in [1.29, 1.82) is 0 Å². The van der Waals surface area contributed by atoms with Crippen molar-refractivity contribution in [2.24, 2.45) is 0 Å². The molecule has 1 N–H and O–H groups in total. The highest BCUT2D eigenvalue weighted by molar-refractivity contribution is 7.89. The number of sulfonamides is 1. The van der Waals surface area contributed by atoms with Crippen molar-refractivity contribution in [3.8, 4) is 0 Å². The summed E-state index contributed by atoms with van der Waals surface area (Å²) in [6.07, 6.45) is 2.69. The number of aryl methyl sites for hydroxylation is 1. The minimum atomic E-state index is -3.45. The third-order valence-corrected chi connectivity index (χ3v) is 7.13. The molecular weight excluding hydrogens is 431 g/mol. The molecule has 0 atom stereocenters. The number of nitrogens with one attached hydrogen (secondary N) is 1. The summed E-state index contributed by atoms with van der Waals surface area (Å²) in [5.74, 6) is 0.0330. The zero-order chi connectivity index (χ0) is 21.0. The second-order valence-electron chi connectivity index (χ2n) is 7.20. The number of halogens is 2. The molecule has 0 radical (unpaired) electrons. The van der Waals surface area contributed by atoms with Crippen LogP contribution >= 0.6 is 23.2 Å². The minimum absolute atomic E-state index is 0.0330. The maximum atomic E-state index is 12.6. The van der Waals surface area contributed by atoms with Gasteiger partial charge in [0.15, 0.2) is 0 Å². The summed E-state index contributed by atoms with van der Waals surface area (Å²) in [5, 5.41) is 0.960. The number of rotatable bonds is 9. The van der Waals surface area contributed by atoms with Crippen LogP contribution in [0.15, 0.2) is 47.4 Å². The summed E-state index contributed by atoms with van der Waals surface area (Å²) in [5.41, 5.74) is 1.85. The Morgan fingerprint density at radius 1 is 1.07 bits per heavy atom. The van der Waals surface area contributed by atoms with Crippen molar-refractivity contribution in [3.63, 3.8) is 0 Å². The largest absolute Gasteiger partial charge is 0.339 e. The number of carbonyl (C=O) groups is 1. The van der Waals surface area contributed by atoms with Crippen LogP contribution in [0.1, 0.15) is 37.3 Å². The average Bonchev–Trinajstić information content (AvgIpc) is 3.50. The maximum absolute atomic E-state index is 12.6. The molecule has 0 bridgehead atoms. The SMILES string of the molecule is CCN(Cc1ccc(Cl)c(Cl)c1)C(=O)CCc1ccc(S(=O)(=O)NC2CC2)cc1. The van der Waals surface area contributed by atoms with Gasteiger partial charge >= 0.3 is 0 Å². The van der Waals surface area contributed by atoms with E-state index >= 15 is 0 Å². The van der Waals surface area contributed by atoms with E-state index < -0.39 is 10.0 Å². The van der Waals surface area contributed by atoms with Crippen LogP contribution < -0.4 is 4.72 Å². The van der Waals surface area contributed by atoms with Gasteiger partial charge in [0.1, 0.15) is 0 Å². The van der Waals surface area contributed by atoms with Crippen molar-refractivity contribution in [3.05, 3.63) is 63.6 Å². The van der Waals surface area contributed by atoms with Crippen LogP contribution in [0.5, 0.6) is 0 Å². The van der Waals surface area contributed by atoms with E-state index in [1.54, 1.807) is 41.3 Å². The summed E-state index contributed by atoms with van der Waals surface area (Å²) in [6, 6.07) is 12.2. The molecular formula is C21H24Cl2N2O3S. The van der Waals surface area contributed by atoms with Crippen LogP contribution in [0.2, 0.25) is 10.0 Å². The van der Waals surface area contributed by atoms with Crippen LogP contribution in [0.3, 0.4) is 0 Å². The van der Waals surface area contributed by atoms with Crippen molar-refractivity contribution >= 4 is 39.1 Å². The van der Waals surface area contributed by atoms with Gasteiger partial charge < -0.3 is 4.90 Å². The quantitative estimate of drug-likeness (QED) is 0.609. The van der Waals surface area contributed by atoms with Gasteiger partial charge in [-0.25, -0.2) is 13.1 Å². The van der Waals surface area contributed by atoms with Gasteiger partial charge in [-0.05, 0) is 61.6 Å². The van der Waals surface area contributed by atoms with Crippen LogP contribution in [-0.2, 0) is 27.8 Å². The molecule has 5 nitrogen and oxygen atoms in total. The first-order chi connectivity index (χ1) is 13.8. The predicted octanol–water partition coefficient (Wildman–Crippen LogP) is 4.42. The Hall–Kier alpha value is -1.60. The van der Waals surface area contributed by atoms with E-state index in [1.807, 2.05) is 13.0 Å². The molecule has 0 aliphatic heterocycles. The smallest absolute Gasteiger partial charge is 0.240 e. The van der Waals surface area contributed by atoms with Crippen molar-refractivity contribution < 1.29 is 13.2 Å². The van der Waals surface area contributed by atoms with Crippen molar-refractivity contribution in [1.82, 2.24) is 9.62 Å². The van der Waals surface area contributed by atoms with E-state index in [2.05, 4.69) is 4.72 Å². The highest BCUT2D eigenvalue weighted by Crippen LogP contribution is 2.24. The Bertz CT molecular complexity index is 974. The summed E-state index contributed by atoms with van der Waals surface area (Å²) in [7, 11) is -3.45. The number of carbonyl (C=O) groups excluding carboxylic acids is 1. The molecule has 1 aliphatic carbocycles. The topological polar surface area (TPSA) is 66.5 Å². The molecule has 3 rings (SSSR count). The van der Waals surface area contributed by atoms with Crippen LogP contribution in [0.4, 0.5) is 0 Å². The lowest BCUT2D eigenvalue weighted by Gasteiger charge is -2.21. The Morgan fingerprint density at radius 3 is 2.31 bits per heavy atom. The Morgan fingerprint density at radius 2 is 1.72 bits per heavy atom. The van der Waals surface area contributed by atoms with Gasteiger partial charge in [0.2, 0.25) is 15.9 Å². The highest BCUT2D eigenvalue weighted by atomic mass is 35.5. The third kappa shape index (κ3) is 6.19. The van der Waals surface area contributed by atoms with E-state index in [-0.39, 0.29) is 16.8 Å². The van der Waals surface area contributed by atoms with Gasteiger partial charge in [-0.2, -0.15) is 0 Å². The van der Waals surface area contributed by atoms with Gasteiger partial charge in [0.25, 0.3) is 0 Å². The first-order valence-electron chi connectivity index (χ1n) is 9.61. The minimum Gasteiger partial charge on any atom is -0.339 e. The second kappa shape index (κ2) is 9.47. The molecule has 1 amide bonds. The van der Waals surface area contributed by atoms with E-state index in [4.69, 9.17) is 23.2 Å². The first kappa shape index (κ1) is 22.1. The lowest BCUT2D eigenvalue weighted by atomic mass is 10.1. The maximum Gasteiger partial charge on any atom is 0.240 e. The molecule has 0 heterocycles. The molecule has 1 aliphatic rings. The lowest BCUT2D eigenvalue weighted by molar-refractivity contribution is -0.131. The van der Waals surface area contributed by atoms with E-state index in [0.29, 0.717) is 36.0 Å². The third-order valence-electron chi connectivity index (χ3n) is 4.85. The molecule has 2 aromatic carbocycles. The molecule has 29 heavy (non-hydrogen) atoms. The van der Waals surface area contributed by atoms with E-state index in [0.717, 1.165) is 24.0 Å². The van der Waals surface area contributed by atoms with Gasteiger partial charge in [0, 0.05) is 25.6 Å². The average molecular weight is 455 g/mol. The molecule has 8 heteroatoms. The molecule has 1 saturated carbocycles. The van der Waals surface area contributed by atoms with Crippen molar-refractivity contribution in [2.75, 3.05) is 6.54 Å². The summed E-state index contributed by atoms with van der Waals surface area (Å²) in [6.45, 7) is 2.99. The number of nitrogens with zero attached hydrogens (tertiary/aromatic N) is 1. The predicted molar refractivity (Wildman–Crippen MR) is 116 cm³/mol. The second-order valence-corrected chi connectivity index (χ2v) is 9.72. The summed E-state index contributed by atoms with van der Waals surface area (Å²) >= 11 is 12.0. The molecule has 0 spiro atoms. The van der Waals surface area contributed by atoms with E-state index in [9.17, 15) is 13.2 Å². The molecule has 0 saturated heterocycles. The zero-order valence-electron chi connectivity index (χ0n) is 16.2. The number of amides is 1. The molecule has 1 fully saturated rings. The van der Waals surface area contributed by atoms with Gasteiger partial charge in [0.05, 0.1) is 14.9 Å². The molecule has 0 aromatic heterocycles. The van der Waals surface area contributed by atoms with E-state index in [1.165, 1.54) is 0 Å². The normalized spacial score (nSPS) is 14.0. The van der Waals surface area contributed by atoms with Gasteiger partial charge in [-0.15, -0.1) is 0 Å². The van der Waals surface area contributed by atoms with Crippen LogP contribution in [0, 0.1) is 0 Å². The lowest BCUT2D eigenvalue weighted by Crippen LogP contribution is -2.30.